The quantitative estimate of drug-likeness (QED) is 0.621. The van der Waals surface area contributed by atoms with Crippen LogP contribution in [-0.2, 0) is 9.59 Å². The van der Waals surface area contributed by atoms with Gasteiger partial charge in [0.2, 0.25) is 0 Å². The molecule has 0 amide bonds. The highest BCUT2D eigenvalue weighted by Gasteiger charge is 2.66. The third-order valence-electron chi connectivity index (χ3n) is 4.46. The van der Waals surface area contributed by atoms with Gasteiger partial charge in [-0.2, -0.15) is 0 Å². The highest BCUT2D eigenvalue weighted by atomic mass is 16.4. The van der Waals surface area contributed by atoms with Gasteiger partial charge in [-0.15, -0.1) is 0 Å². The van der Waals surface area contributed by atoms with Crippen LogP contribution in [0.4, 0.5) is 0 Å². The first-order valence-corrected chi connectivity index (χ1v) is 5.47. The summed E-state index contributed by atoms with van der Waals surface area (Å²) in [5.41, 5.74) is -2.57. The number of carboxylic acid groups (broad SMARTS) is 1. The molecule has 0 aliphatic heterocycles. The summed E-state index contributed by atoms with van der Waals surface area (Å²) in [4.78, 5) is 23.3. The van der Waals surface area contributed by atoms with Crippen molar-refractivity contribution < 1.29 is 19.8 Å². The van der Waals surface area contributed by atoms with Crippen LogP contribution in [0.1, 0.15) is 32.1 Å². The average molecular weight is 210 g/mol. The molecule has 4 fully saturated rings. The SMILES string of the molecule is O=C(O)C12CC3CC(CC(O)(C3)C1=O)C2. The summed E-state index contributed by atoms with van der Waals surface area (Å²) < 4.78 is 0. The number of carbonyl (C=O) groups excluding carboxylic acids is 1. The van der Waals surface area contributed by atoms with Gasteiger partial charge >= 0.3 is 5.97 Å². The molecule has 0 spiro atoms. The Balaban J connectivity index is 2.11. The molecule has 2 atom stereocenters. The van der Waals surface area contributed by atoms with Crippen molar-refractivity contribution in [3.8, 4) is 0 Å². The van der Waals surface area contributed by atoms with E-state index in [1.807, 2.05) is 0 Å². The highest BCUT2D eigenvalue weighted by molar-refractivity contribution is 6.08. The number of hydrogen-bond acceptors (Lipinski definition) is 3. The molecule has 0 heterocycles. The lowest BCUT2D eigenvalue weighted by Gasteiger charge is -2.56. The summed E-state index contributed by atoms with van der Waals surface area (Å²) in [6.45, 7) is 0. The van der Waals surface area contributed by atoms with Gasteiger partial charge in [0.1, 0.15) is 11.0 Å². The fraction of sp³-hybridized carbons (Fsp3) is 0.818. The molecule has 82 valence electrons. The smallest absolute Gasteiger partial charge is 0.317 e. The molecule has 4 saturated carbocycles. The first-order chi connectivity index (χ1) is 6.96. The fourth-order valence-corrected chi connectivity index (χ4v) is 4.14. The van der Waals surface area contributed by atoms with E-state index in [4.69, 9.17) is 0 Å². The summed E-state index contributed by atoms with van der Waals surface area (Å²) in [6.07, 6.45) is 2.85. The largest absolute Gasteiger partial charge is 0.480 e. The Morgan fingerprint density at radius 3 is 2.20 bits per heavy atom. The number of aliphatic hydroxyl groups is 1. The van der Waals surface area contributed by atoms with Gasteiger partial charge in [0.25, 0.3) is 0 Å². The van der Waals surface area contributed by atoms with E-state index in [9.17, 15) is 19.8 Å². The van der Waals surface area contributed by atoms with Crippen molar-refractivity contribution in [3.05, 3.63) is 0 Å². The number of carboxylic acids is 1. The van der Waals surface area contributed by atoms with E-state index in [0.717, 1.165) is 6.42 Å². The predicted molar refractivity (Wildman–Crippen MR) is 50.1 cm³/mol. The van der Waals surface area contributed by atoms with Crippen molar-refractivity contribution in [2.45, 2.75) is 37.7 Å². The molecule has 4 heteroatoms. The van der Waals surface area contributed by atoms with E-state index >= 15 is 0 Å². The topological polar surface area (TPSA) is 74.6 Å². The maximum atomic E-state index is 12.0. The van der Waals surface area contributed by atoms with Gasteiger partial charge in [-0.1, -0.05) is 0 Å². The molecule has 4 bridgehead atoms. The van der Waals surface area contributed by atoms with E-state index in [1.54, 1.807) is 0 Å². The third kappa shape index (κ3) is 0.956. The Hall–Kier alpha value is -0.900. The lowest BCUT2D eigenvalue weighted by atomic mass is 9.47. The molecule has 0 radical (unpaired) electrons. The van der Waals surface area contributed by atoms with Crippen LogP contribution in [0, 0.1) is 17.3 Å². The lowest BCUT2D eigenvalue weighted by Crippen LogP contribution is -2.65. The van der Waals surface area contributed by atoms with Crippen molar-refractivity contribution in [1.29, 1.82) is 0 Å². The van der Waals surface area contributed by atoms with Crippen LogP contribution in [-0.4, -0.2) is 27.6 Å². The van der Waals surface area contributed by atoms with Crippen LogP contribution >= 0.6 is 0 Å². The molecular formula is C11H14O4. The summed E-state index contributed by atoms with van der Waals surface area (Å²) in [7, 11) is 0. The number of carbonyl (C=O) groups is 2. The molecule has 4 rings (SSSR count). The van der Waals surface area contributed by atoms with Crippen LogP contribution in [0.5, 0.6) is 0 Å². The Morgan fingerprint density at radius 1 is 1.20 bits per heavy atom. The molecule has 2 N–H and O–H groups in total. The zero-order valence-corrected chi connectivity index (χ0v) is 8.40. The van der Waals surface area contributed by atoms with E-state index in [2.05, 4.69) is 0 Å². The zero-order valence-electron chi connectivity index (χ0n) is 8.40. The second-order valence-corrected chi connectivity index (χ2v) is 5.53. The lowest BCUT2D eigenvalue weighted by molar-refractivity contribution is -0.194. The molecule has 4 aliphatic rings. The average Bonchev–Trinajstić information content (AvgIpc) is 2.12. The molecule has 2 unspecified atom stereocenters. The Bertz CT molecular complexity index is 346. The van der Waals surface area contributed by atoms with Gasteiger partial charge < -0.3 is 10.2 Å². The van der Waals surface area contributed by atoms with Crippen LogP contribution in [0.15, 0.2) is 0 Å². The van der Waals surface area contributed by atoms with Crippen molar-refractivity contribution in [2.24, 2.45) is 17.3 Å². The standard InChI is InChI=1S/C11H14O4/c12-8-10(9(13)14)2-6-1-7(3-10)5-11(8,15)4-6/h6-7,15H,1-5H2,(H,13,14). The molecule has 15 heavy (non-hydrogen) atoms. The van der Waals surface area contributed by atoms with Gasteiger partial charge in [-0.3, -0.25) is 9.59 Å². The Morgan fingerprint density at radius 2 is 1.73 bits per heavy atom. The molecule has 4 aliphatic carbocycles. The van der Waals surface area contributed by atoms with Crippen molar-refractivity contribution in [2.75, 3.05) is 0 Å². The van der Waals surface area contributed by atoms with Crippen molar-refractivity contribution >= 4 is 11.8 Å². The molecule has 0 saturated heterocycles. The Labute approximate surface area is 87.3 Å². The molecular weight excluding hydrogens is 196 g/mol. The first kappa shape index (κ1) is 9.33. The monoisotopic (exact) mass is 210 g/mol. The molecule has 0 aromatic carbocycles. The van der Waals surface area contributed by atoms with Gasteiger partial charge in [0, 0.05) is 0 Å². The van der Waals surface area contributed by atoms with E-state index in [1.165, 1.54) is 0 Å². The van der Waals surface area contributed by atoms with Gasteiger partial charge in [-0.05, 0) is 43.9 Å². The predicted octanol–water partition coefficient (Wildman–Crippen LogP) is 0.581. The zero-order chi connectivity index (χ0) is 10.8. The van der Waals surface area contributed by atoms with E-state index in [-0.39, 0.29) is 11.8 Å². The van der Waals surface area contributed by atoms with Crippen LogP contribution < -0.4 is 0 Å². The number of ketones is 1. The summed E-state index contributed by atoms with van der Waals surface area (Å²) in [5, 5.41) is 19.4. The van der Waals surface area contributed by atoms with Crippen LogP contribution in [0.25, 0.3) is 0 Å². The van der Waals surface area contributed by atoms with Crippen molar-refractivity contribution in [3.63, 3.8) is 0 Å². The van der Waals surface area contributed by atoms with Crippen LogP contribution in [0.3, 0.4) is 0 Å². The van der Waals surface area contributed by atoms with Crippen LogP contribution in [0.2, 0.25) is 0 Å². The minimum Gasteiger partial charge on any atom is -0.480 e. The van der Waals surface area contributed by atoms with E-state index in [0.29, 0.717) is 25.7 Å². The molecule has 0 aromatic rings. The summed E-state index contributed by atoms with van der Waals surface area (Å²) in [6, 6.07) is 0. The Kier molecular flexibility index (Phi) is 1.51. The van der Waals surface area contributed by atoms with Gasteiger partial charge in [0.05, 0.1) is 0 Å². The number of rotatable bonds is 1. The molecule has 0 aromatic heterocycles. The second kappa shape index (κ2) is 2.43. The number of aliphatic carboxylic acids is 1. The highest BCUT2D eigenvalue weighted by Crippen LogP contribution is 2.59. The van der Waals surface area contributed by atoms with Gasteiger partial charge in [0.15, 0.2) is 5.78 Å². The summed E-state index contributed by atoms with van der Waals surface area (Å²) in [5.74, 6) is -0.984. The normalized spacial score (nSPS) is 52.2. The number of Topliss-reactive ketones (excluding diaryl/α,β-unsaturated/α-hetero) is 1. The summed E-state index contributed by atoms with van der Waals surface area (Å²) >= 11 is 0. The maximum Gasteiger partial charge on any atom is 0.317 e. The molecule has 4 nitrogen and oxygen atoms in total. The van der Waals surface area contributed by atoms with E-state index < -0.39 is 22.8 Å². The third-order valence-corrected chi connectivity index (χ3v) is 4.46. The first-order valence-electron chi connectivity index (χ1n) is 5.47. The minimum absolute atomic E-state index is 0.233. The number of hydrogen-bond donors (Lipinski definition) is 2. The second-order valence-electron chi connectivity index (χ2n) is 5.53. The van der Waals surface area contributed by atoms with Crippen molar-refractivity contribution in [1.82, 2.24) is 0 Å². The maximum absolute atomic E-state index is 12.0. The van der Waals surface area contributed by atoms with Gasteiger partial charge in [-0.25, -0.2) is 0 Å². The fourth-order valence-electron chi connectivity index (χ4n) is 4.14. The minimum atomic E-state index is -1.32.